The second kappa shape index (κ2) is 9.77. The second-order valence-electron chi connectivity index (χ2n) is 6.75. The van der Waals surface area contributed by atoms with Gasteiger partial charge in [0.15, 0.2) is 11.0 Å². The zero-order valence-electron chi connectivity index (χ0n) is 16.6. The Labute approximate surface area is 182 Å². The van der Waals surface area contributed by atoms with Crippen LogP contribution < -0.4 is 15.4 Å². The second-order valence-corrected chi connectivity index (χ2v) is 7.93. The van der Waals surface area contributed by atoms with Crippen LogP contribution in [-0.4, -0.2) is 10.2 Å². The van der Waals surface area contributed by atoms with Crippen molar-refractivity contribution in [3.05, 3.63) is 103 Å². The highest BCUT2D eigenvalue weighted by atomic mass is 32.2. The van der Waals surface area contributed by atoms with E-state index in [9.17, 15) is 9.00 Å². The Morgan fingerprint density at radius 1 is 0.839 bits per heavy atom. The lowest BCUT2D eigenvalue weighted by molar-refractivity contribution is 0.251. The van der Waals surface area contributed by atoms with Gasteiger partial charge in [-0.1, -0.05) is 48.5 Å². The number of hydrogen-bond donors (Lipinski definition) is 3. The number of furan rings is 1. The fraction of sp³-hybridized carbons (Fsp3) is 0.0417. The summed E-state index contributed by atoms with van der Waals surface area (Å²) in [6, 6.07) is 26.0. The summed E-state index contributed by atoms with van der Waals surface area (Å²) in [4.78, 5) is 12.7. The molecule has 0 aliphatic heterocycles. The van der Waals surface area contributed by atoms with E-state index in [-0.39, 0.29) is 6.03 Å². The molecule has 3 aromatic carbocycles. The number of nitrogens with one attached hydrogen (secondary N) is 3. The molecule has 4 rings (SSSR count). The van der Waals surface area contributed by atoms with E-state index in [0.29, 0.717) is 22.8 Å². The van der Waals surface area contributed by atoms with Crippen LogP contribution in [-0.2, 0) is 17.5 Å². The van der Waals surface area contributed by atoms with Crippen molar-refractivity contribution in [1.29, 1.82) is 0 Å². The summed E-state index contributed by atoms with van der Waals surface area (Å²) in [6.07, 6.45) is 3.14. The fourth-order valence-electron chi connectivity index (χ4n) is 3.02. The summed E-state index contributed by atoms with van der Waals surface area (Å²) in [5, 5.41) is 5.51. The van der Waals surface area contributed by atoms with Crippen LogP contribution in [0.25, 0.3) is 11.1 Å². The van der Waals surface area contributed by atoms with E-state index < -0.39 is 11.0 Å². The van der Waals surface area contributed by atoms with Crippen molar-refractivity contribution in [3.8, 4) is 11.1 Å². The lowest BCUT2D eigenvalue weighted by Crippen LogP contribution is -2.27. The van der Waals surface area contributed by atoms with Gasteiger partial charge in [0, 0.05) is 23.5 Å². The van der Waals surface area contributed by atoms with Gasteiger partial charge >= 0.3 is 6.03 Å². The number of rotatable bonds is 7. The number of amides is 2. The standard InChI is InChI=1S/C24H21N3O3S/c28-24(25-16-18-14-15-30-17-18)26-20-10-12-21(13-11-20)27-31(29)23-9-5-4-8-22(23)19-6-2-1-3-7-19/h1-15,17,27H,16H2,(H2,25,26,28). The van der Waals surface area contributed by atoms with Crippen molar-refractivity contribution in [3.63, 3.8) is 0 Å². The smallest absolute Gasteiger partial charge is 0.319 e. The Hall–Kier alpha value is -3.84. The molecule has 0 saturated heterocycles. The summed E-state index contributed by atoms with van der Waals surface area (Å²) in [7, 11) is -1.44. The number of benzene rings is 3. The van der Waals surface area contributed by atoms with Gasteiger partial charge in [-0.2, -0.15) is 0 Å². The van der Waals surface area contributed by atoms with E-state index in [0.717, 1.165) is 16.7 Å². The van der Waals surface area contributed by atoms with Crippen molar-refractivity contribution < 1.29 is 13.4 Å². The van der Waals surface area contributed by atoms with Crippen LogP contribution in [0.3, 0.4) is 0 Å². The molecule has 156 valence electrons. The summed E-state index contributed by atoms with van der Waals surface area (Å²) < 4.78 is 21.0. The summed E-state index contributed by atoms with van der Waals surface area (Å²) in [6.45, 7) is 0.377. The van der Waals surface area contributed by atoms with Crippen molar-refractivity contribution >= 4 is 28.4 Å². The molecule has 31 heavy (non-hydrogen) atoms. The SMILES string of the molecule is O=C(NCc1ccoc1)Nc1ccc(NS(=O)c2ccccc2-c2ccccc2)cc1. The molecule has 0 radical (unpaired) electrons. The third-order valence-electron chi connectivity index (χ3n) is 4.56. The molecule has 7 heteroatoms. The first kappa shape index (κ1) is 20.4. The molecular formula is C24H21N3O3S. The molecule has 1 aromatic heterocycles. The quantitative estimate of drug-likeness (QED) is 0.366. The van der Waals surface area contributed by atoms with Gasteiger partial charge in [-0.25, -0.2) is 9.00 Å². The Bertz CT molecular complexity index is 1160. The molecule has 3 N–H and O–H groups in total. The third-order valence-corrected chi connectivity index (χ3v) is 5.73. The highest BCUT2D eigenvalue weighted by Gasteiger charge is 2.11. The Morgan fingerprint density at radius 2 is 1.55 bits per heavy atom. The minimum atomic E-state index is -1.44. The Kier molecular flexibility index (Phi) is 6.44. The van der Waals surface area contributed by atoms with Crippen molar-refractivity contribution in [2.24, 2.45) is 0 Å². The van der Waals surface area contributed by atoms with Crippen molar-refractivity contribution in [1.82, 2.24) is 5.32 Å². The molecule has 4 aromatic rings. The zero-order chi connectivity index (χ0) is 21.5. The minimum absolute atomic E-state index is 0.317. The van der Waals surface area contributed by atoms with Gasteiger partial charge in [-0.05, 0) is 47.5 Å². The maximum atomic E-state index is 13.0. The van der Waals surface area contributed by atoms with Crippen LogP contribution in [0.15, 0.2) is 107 Å². The molecule has 0 saturated carbocycles. The van der Waals surface area contributed by atoms with Crippen LogP contribution in [0, 0.1) is 0 Å². The molecule has 2 amide bonds. The van der Waals surface area contributed by atoms with E-state index in [4.69, 9.17) is 4.42 Å². The first-order chi connectivity index (χ1) is 15.2. The normalized spacial score (nSPS) is 11.5. The van der Waals surface area contributed by atoms with E-state index in [1.165, 1.54) is 0 Å². The van der Waals surface area contributed by atoms with Crippen LogP contribution in [0.4, 0.5) is 16.2 Å². The minimum Gasteiger partial charge on any atom is -0.472 e. The summed E-state index contributed by atoms with van der Waals surface area (Å²) in [5.74, 6) is 0. The Balaban J connectivity index is 1.38. The molecule has 1 unspecified atom stereocenters. The predicted molar refractivity (Wildman–Crippen MR) is 123 cm³/mol. The number of carbonyl (C=O) groups is 1. The topological polar surface area (TPSA) is 83.4 Å². The van der Waals surface area contributed by atoms with Gasteiger partial charge in [-0.3, -0.25) is 0 Å². The van der Waals surface area contributed by atoms with Gasteiger partial charge in [0.25, 0.3) is 0 Å². The van der Waals surface area contributed by atoms with E-state index in [1.807, 2.05) is 54.6 Å². The molecule has 1 atom stereocenters. The zero-order valence-corrected chi connectivity index (χ0v) is 17.4. The number of anilines is 2. The van der Waals surface area contributed by atoms with Gasteiger partial charge in [0.05, 0.1) is 17.4 Å². The monoisotopic (exact) mass is 431 g/mol. The molecule has 0 bridgehead atoms. The third kappa shape index (κ3) is 5.40. The fourth-order valence-corrected chi connectivity index (χ4v) is 4.07. The predicted octanol–water partition coefficient (Wildman–Crippen LogP) is 5.40. The maximum absolute atomic E-state index is 13.0. The average Bonchev–Trinajstić information content (AvgIpc) is 3.33. The highest BCUT2D eigenvalue weighted by molar-refractivity contribution is 7.86. The van der Waals surface area contributed by atoms with Gasteiger partial charge < -0.3 is 19.8 Å². The van der Waals surface area contributed by atoms with Gasteiger partial charge in [-0.15, -0.1) is 0 Å². The largest absolute Gasteiger partial charge is 0.472 e. The molecule has 0 fully saturated rings. The van der Waals surface area contributed by atoms with Gasteiger partial charge in [0.1, 0.15) is 0 Å². The molecule has 1 heterocycles. The molecular weight excluding hydrogens is 410 g/mol. The number of hydrogen-bond acceptors (Lipinski definition) is 3. The first-order valence-electron chi connectivity index (χ1n) is 9.68. The van der Waals surface area contributed by atoms with Gasteiger partial charge in [0.2, 0.25) is 0 Å². The van der Waals surface area contributed by atoms with Crippen molar-refractivity contribution in [2.45, 2.75) is 11.4 Å². The molecule has 0 spiro atoms. The van der Waals surface area contributed by atoms with Crippen LogP contribution in [0.5, 0.6) is 0 Å². The van der Waals surface area contributed by atoms with Crippen LogP contribution in [0.1, 0.15) is 5.56 Å². The highest BCUT2D eigenvalue weighted by Crippen LogP contribution is 2.27. The van der Waals surface area contributed by atoms with Crippen LogP contribution >= 0.6 is 0 Å². The molecule has 0 aliphatic carbocycles. The maximum Gasteiger partial charge on any atom is 0.319 e. The molecule has 6 nitrogen and oxygen atoms in total. The Morgan fingerprint density at radius 3 is 2.29 bits per heavy atom. The number of urea groups is 1. The van der Waals surface area contributed by atoms with Crippen LogP contribution in [0.2, 0.25) is 0 Å². The average molecular weight is 432 g/mol. The van der Waals surface area contributed by atoms with Crippen molar-refractivity contribution in [2.75, 3.05) is 10.0 Å². The summed E-state index contributed by atoms with van der Waals surface area (Å²) in [5.41, 5.74) is 4.12. The van der Waals surface area contributed by atoms with E-state index in [1.54, 1.807) is 42.9 Å². The summed E-state index contributed by atoms with van der Waals surface area (Å²) >= 11 is 0. The lowest BCUT2D eigenvalue weighted by atomic mass is 10.1. The first-order valence-corrected chi connectivity index (χ1v) is 10.8. The lowest BCUT2D eigenvalue weighted by Gasteiger charge is -2.12. The van der Waals surface area contributed by atoms with E-state index in [2.05, 4.69) is 15.4 Å². The number of carbonyl (C=O) groups excluding carboxylic acids is 1. The molecule has 0 aliphatic rings. The van der Waals surface area contributed by atoms with E-state index >= 15 is 0 Å².